The summed E-state index contributed by atoms with van der Waals surface area (Å²) >= 11 is 0. The summed E-state index contributed by atoms with van der Waals surface area (Å²) in [7, 11) is 1.97. The van der Waals surface area contributed by atoms with Gasteiger partial charge in [-0.1, -0.05) is 13.8 Å². The average molecular weight is 260 g/mol. The van der Waals surface area contributed by atoms with Gasteiger partial charge in [0.1, 0.15) is 6.61 Å². The van der Waals surface area contributed by atoms with E-state index in [9.17, 15) is 4.79 Å². The van der Waals surface area contributed by atoms with Gasteiger partial charge in [-0.2, -0.15) is 0 Å². The number of amides is 1. The van der Waals surface area contributed by atoms with Gasteiger partial charge < -0.3 is 20.5 Å². The third-order valence-corrected chi connectivity index (χ3v) is 2.80. The van der Waals surface area contributed by atoms with E-state index in [0.29, 0.717) is 18.6 Å². The van der Waals surface area contributed by atoms with Crippen molar-refractivity contribution < 1.29 is 14.3 Å². The zero-order valence-corrected chi connectivity index (χ0v) is 12.0. The minimum Gasteiger partial charge on any atom is -0.381 e. The molecule has 0 saturated heterocycles. The molecule has 0 saturated carbocycles. The summed E-state index contributed by atoms with van der Waals surface area (Å²) in [5.41, 5.74) is 5.25. The van der Waals surface area contributed by atoms with Crippen LogP contribution in [0.3, 0.4) is 0 Å². The van der Waals surface area contributed by atoms with Crippen molar-refractivity contribution in [1.29, 1.82) is 0 Å². The Hall–Kier alpha value is -0.650. The predicted octanol–water partition coefficient (Wildman–Crippen LogP) is 0.921. The minimum atomic E-state index is -0.429. The van der Waals surface area contributed by atoms with Crippen LogP contribution in [0.2, 0.25) is 0 Å². The van der Waals surface area contributed by atoms with E-state index in [1.54, 1.807) is 0 Å². The molecule has 0 aliphatic rings. The van der Waals surface area contributed by atoms with Gasteiger partial charge in [0, 0.05) is 19.8 Å². The maximum Gasteiger partial charge on any atom is 0.243 e. The number of rotatable bonds is 12. The number of carbonyl (C=O) groups excluding carboxylic acids is 1. The smallest absolute Gasteiger partial charge is 0.243 e. The fraction of sp³-hybridized carbons (Fsp3) is 0.923. The molecule has 0 aliphatic heterocycles. The van der Waals surface area contributed by atoms with E-state index in [-0.39, 0.29) is 6.61 Å². The maximum atomic E-state index is 10.4. The first-order chi connectivity index (χ1) is 8.48. The summed E-state index contributed by atoms with van der Waals surface area (Å²) in [6, 6.07) is 0. The van der Waals surface area contributed by atoms with E-state index in [1.807, 2.05) is 7.05 Å². The molecule has 0 bridgehead atoms. The van der Waals surface area contributed by atoms with Crippen molar-refractivity contribution in [2.45, 2.75) is 33.1 Å². The topological polar surface area (TPSA) is 73.6 Å². The third-order valence-electron chi connectivity index (χ3n) is 2.80. The Morgan fingerprint density at radius 3 is 2.44 bits per heavy atom. The molecule has 5 heteroatoms. The summed E-state index contributed by atoms with van der Waals surface area (Å²) in [6.07, 6.45) is 3.00. The lowest BCUT2D eigenvalue weighted by Crippen LogP contribution is -2.21. The molecular formula is C13H28N2O3. The Kier molecular flexibility index (Phi) is 9.92. The van der Waals surface area contributed by atoms with Crippen LogP contribution in [0.4, 0.5) is 0 Å². The highest BCUT2D eigenvalue weighted by molar-refractivity contribution is 5.74. The van der Waals surface area contributed by atoms with Crippen molar-refractivity contribution in [3.05, 3.63) is 0 Å². The van der Waals surface area contributed by atoms with Crippen LogP contribution in [-0.2, 0) is 14.3 Å². The van der Waals surface area contributed by atoms with Crippen LogP contribution in [0.1, 0.15) is 33.1 Å². The van der Waals surface area contributed by atoms with Gasteiger partial charge in [0.15, 0.2) is 0 Å². The van der Waals surface area contributed by atoms with Crippen LogP contribution < -0.4 is 11.1 Å². The van der Waals surface area contributed by atoms with Crippen molar-refractivity contribution in [3.63, 3.8) is 0 Å². The van der Waals surface area contributed by atoms with Gasteiger partial charge in [-0.15, -0.1) is 0 Å². The Morgan fingerprint density at radius 1 is 1.17 bits per heavy atom. The van der Waals surface area contributed by atoms with Crippen LogP contribution in [0.15, 0.2) is 0 Å². The molecule has 0 fully saturated rings. The molecule has 18 heavy (non-hydrogen) atoms. The Labute approximate surface area is 110 Å². The highest BCUT2D eigenvalue weighted by atomic mass is 16.5. The molecule has 0 unspecified atom stereocenters. The molecule has 1 amide bonds. The fourth-order valence-electron chi connectivity index (χ4n) is 1.47. The monoisotopic (exact) mass is 260 g/mol. The molecule has 5 nitrogen and oxygen atoms in total. The highest BCUT2D eigenvalue weighted by Crippen LogP contribution is 2.24. The van der Waals surface area contributed by atoms with E-state index < -0.39 is 5.91 Å². The standard InChI is InChI=1S/C13H28N2O3/c1-13(2,5-7-15-3)6-10-17-8-4-9-18-11-12(14)16/h15H,4-11H2,1-3H3,(H2,14,16). The Morgan fingerprint density at radius 2 is 1.83 bits per heavy atom. The molecule has 3 N–H and O–H groups in total. The van der Waals surface area contributed by atoms with Gasteiger partial charge in [-0.05, 0) is 38.3 Å². The van der Waals surface area contributed by atoms with E-state index in [1.165, 1.54) is 0 Å². The molecule has 0 radical (unpaired) electrons. The zero-order valence-electron chi connectivity index (χ0n) is 12.0. The summed E-state index contributed by atoms with van der Waals surface area (Å²) in [5.74, 6) is -0.429. The highest BCUT2D eigenvalue weighted by Gasteiger charge is 2.16. The second-order valence-electron chi connectivity index (χ2n) is 5.25. The lowest BCUT2D eigenvalue weighted by molar-refractivity contribution is -0.122. The van der Waals surface area contributed by atoms with Crippen molar-refractivity contribution in [2.24, 2.45) is 11.1 Å². The summed E-state index contributed by atoms with van der Waals surface area (Å²) in [5, 5.41) is 3.16. The van der Waals surface area contributed by atoms with Gasteiger partial charge in [-0.25, -0.2) is 0 Å². The molecule has 0 aromatic heterocycles. The number of hydrogen-bond donors (Lipinski definition) is 2. The molecule has 0 rings (SSSR count). The summed E-state index contributed by atoms with van der Waals surface area (Å²) in [4.78, 5) is 10.4. The van der Waals surface area contributed by atoms with Gasteiger partial charge >= 0.3 is 0 Å². The SMILES string of the molecule is CNCCC(C)(C)CCOCCCOCC(N)=O. The van der Waals surface area contributed by atoms with Crippen molar-refractivity contribution in [2.75, 3.05) is 40.0 Å². The first kappa shape index (κ1) is 17.4. The van der Waals surface area contributed by atoms with Gasteiger partial charge in [0.25, 0.3) is 0 Å². The Balaban J connectivity index is 3.31. The number of hydrogen-bond acceptors (Lipinski definition) is 4. The average Bonchev–Trinajstić information content (AvgIpc) is 2.29. The van der Waals surface area contributed by atoms with Crippen molar-refractivity contribution in [1.82, 2.24) is 5.32 Å². The molecule has 0 atom stereocenters. The zero-order chi connectivity index (χ0) is 13.9. The minimum absolute atomic E-state index is 0.00293. The van der Waals surface area contributed by atoms with E-state index in [4.69, 9.17) is 15.2 Å². The van der Waals surface area contributed by atoms with Crippen LogP contribution in [0.25, 0.3) is 0 Å². The number of nitrogens with two attached hydrogens (primary N) is 1. The Bertz CT molecular complexity index is 220. The number of primary amides is 1. The van der Waals surface area contributed by atoms with E-state index in [0.717, 1.165) is 32.4 Å². The molecule has 0 heterocycles. The number of carbonyl (C=O) groups is 1. The van der Waals surface area contributed by atoms with Crippen LogP contribution in [0, 0.1) is 5.41 Å². The van der Waals surface area contributed by atoms with Crippen LogP contribution in [-0.4, -0.2) is 45.9 Å². The second-order valence-corrected chi connectivity index (χ2v) is 5.25. The maximum absolute atomic E-state index is 10.4. The first-order valence-corrected chi connectivity index (χ1v) is 6.56. The molecule has 0 aromatic rings. The lowest BCUT2D eigenvalue weighted by atomic mass is 9.86. The van der Waals surface area contributed by atoms with E-state index >= 15 is 0 Å². The van der Waals surface area contributed by atoms with Gasteiger partial charge in [-0.3, -0.25) is 4.79 Å². The van der Waals surface area contributed by atoms with Crippen LogP contribution >= 0.6 is 0 Å². The molecule has 0 spiro atoms. The fourth-order valence-corrected chi connectivity index (χ4v) is 1.47. The summed E-state index contributed by atoms with van der Waals surface area (Å²) < 4.78 is 10.6. The van der Waals surface area contributed by atoms with E-state index in [2.05, 4.69) is 19.2 Å². The second kappa shape index (κ2) is 10.3. The third kappa shape index (κ3) is 11.8. The van der Waals surface area contributed by atoms with Crippen molar-refractivity contribution in [3.8, 4) is 0 Å². The first-order valence-electron chi connectivity index (χ1n) is 6.56. The molecule has 0 aliphatic carbocycles. The van der Waals surface area contributed by atoms with Crippen molar-refractivity contribution >= 4 is 5.91 Å². The lowest BCUT2D eigenvalue weighted by Gasteiger charge is -2.24. The molecular weight excluding hydrogens is 232 g/mol. The predicted molar refractivity (Wildman–Crippen MR) is 72.4 cm³/mol. The van der Waals surface area contributed by atoms with Gasteiger partial charge in [0.2, 0.25) is 5.91 Å². The molecule has 0 aromatic carbocycles. The number of ether oxygens (including phenoxy) is 2. The quantitative estimate of drug-likeness (QED) is 0.512. The molecule has 108 valence electrons. The largest absolute Gasteiger partial charge is 0.381 e. The number of nitrogens with one attached hydrogen (secondary N) is 1. The van der Waals surface area contributed by atoms with Gasteiger partial charge in [0.05, 0.1) is 0 Å². The summed E-state index contributed by atoms with van der Waals surface area (Å²) in [6.45, 7) is 7.50. The van der Waals surface area contributed by atoms with Crippen LogP contribution in [0.5, 0.6) is 0 Å². The normalized spacial score (nSPS) is 11.7.